The molecule has 1 unspecified atom stereocenters. The van der Waals surface area contributed by atoms with Crippen LogP contribution in [-0.4, -0.2) is 37.2 Å². The maximum absolute atomic E-state index is 12.6. The molecule has 2 atom stereocenters. The van der Waals surface area contributed by atoms with Crippen molar-refractivity contribution in [3.05, 3.63) is 0 Å². The van der Waals surface area contributed by atoms with Gasteiger partial charge in [-0.05, 0) is 31.1 Å². The van der Waals surface area contributed by atoms with Crippen LogP contribution in [0.1, 0.15) is 234 Å². The molecule has 296 valence electrons. The predicted molar refractivity (Wildman–Crippen MR) is 210 cm³/mol. The van der Waals surface area contributed by atoms with E-state index in [1.165, 1.54) is 122 Å². The van der Waals surface area contributed by atoms with E-state index in [0.29, 0.717) is 19.3 Å². The molecular weight excluding hydrogens is 624 g/mol. The summed E-state index contributed by atoms with van der Waals surface area (Å²) in [6, 6.07) is 0. The molecule has 0 aliphatic rings. The van der Waals surface area contributed by atoms with Crippen LogP contribution >= 0.6 is 0 Å². The molecule has 0 radical (unpaired) electrons. The summed E-state index contributed by atoms with van der Waals surface area (Å²) in [5, 5.41) is 0. The number of hydrogen-bond acceptors (Lipinski definition) is 6. The number of carbonyl (C=O) groups is 3. The fraction of sp³-hybridized carbons (Fsp3) is 0.932. The van der Waals surface area contributed by atoms with Crippen molar-refractivity contribution in [1.29, 1.82) is 0 Å². The van der Waals surface area contributed by atoms with E-state index in [1.54, 1.807) is 0 Å². The quantitative estimate of drug-likeness (QED) is 0.0361. The molecule has 0 saturated carbocycles. The lowest BCUT2D eigenvalue weighted by atomic mass is 10.00. The van der Waals surface area contributed by atoms with Gasteiger partial charge in [0.2, 0.25) is 0 Å². The van der Waals surface area contributed by atoms with Crippen molar-refractivity contribution in [2.45, 2.75) is 240 Å². The zero-order valence-corrected chi connectivity index (χ0v) is 34.0. The summed E-state index contributed by atoms with van der Waals surface area (Å²) < 4.78 is 16.7. The standard InChI is InChI=1S/C44H84O6/c1-6-8-9-10-11-12-13-14-15-16-17-24-29-34-42(45)48-37-41(50-44(47)36-31-26-20-18-22-27-32-39(3)4)38-49-43(46)35-30-25-21-19-23-28-33-40(5)7-2/h39-41H,6-38H2,1-5H3/t40?,41-/m0/s1. The highest BCUT2D eigenvalue weighted by Gasteiger charge is 2.19. The van der Waals surface area contributed by atoms with Gasteiger partial charge in [-0.15, -0.1) is 0 Å². The molecule has 0 rings (SSSR count). The van der Waals surface area contributed by atoms with Crippen LogP contribution in [0.15, 0.2) is 0 Å². The van der Waals surface area contributed by atoms with Gasteiger partial charge in [0.25, 0.3) is 0 Å². The minimum atomic E-state index is -0.761. The maximum Gasteiger partial charge on any atom is 0.306 e. The number of ether oxygens (including phenoxy) is 3. The summed E-state index contributed by atoms with van der Waals surface area (Å²) in [7, 11) is 0. The van der Waals surface area contributed by atoms with E-state index in [9.17, 15) is 14.4 Å². The number of rotatable bonds is 38. The van der Waals surface area contributed by atoms with Crippen molar-refractivity contribution in [3.63, 3.8) is 0 Å². The molecule has 0 amide bonds. The van der Waals surface area contributed by atoms with E-state index in [2.05, 4.69) is 34.6 Å². The molecule has 0 aromatic heterocycles. The van der Waals surface area contributed by atoms with Gasteiger partial charge in [0.05, 0.1) is 0 Å². The lowest BCUT2D eigenvalue weighted by molar-refractivity contribution is -0.167. The van der Waals surface area contributed by atoms with Crippen LogP contribution < -0.4 is 0 Å². The van der Waals surface area contributed by atoms with Gasteiger partial charge in [0.15, 0.2) is 6.10 Å². The van der Waals surface area contributed by atoms with Gasteiger partial charge in [-0.3, -0.25) is 14.4 Å². The van der Waals surface area contributed by atoms with E-state index in [1.807, 2.05) is 0 Å². The Balaban J connectivity index is 4.33. The zero-order valence-electron chi connectivity index (χ0n) is 34.0. The minimum absolute atomic E-state index is 0.0667. The Labute approximate surface area is 310 Å². The third-order valence-electron chi connectivity index (χ3n) is 10.1. The Morgan fingerprint density at radius 2 is 0.760 bits per heavy atom. The van der Waals surface area contributed by atoms with Gasteiger partial charge in [-0.1, -0.05) is 195 Å². The van der Waals surface area contributed by atoms with E-state index in [0.717, 1.165) is 69.6 Å². The van der Waals surface area contributed by atoms with Crippen LogP contribution in [0, 0.1) is 11.8 Å². The number of carbonyl (C=O) groups excluding carboxylic acids is 3. The Hall–Kier alpha value is -1.59. The molecule has 50 heavy (non-hydrogen) atoms. The zero-order chi connectivity index (χ0) is 36.9. The van der Waals surface area contributed by atoms with Crippen LogP contribution in [0.4, 0.5) is 0 Å². The molecule has 0 spiro atoms. The molecule has 0 heterocycles. The molecule has 0 saturated heterocycles. The average molecular weight is 709 g/mol. The normalized spacial score (nSPS) is 12.6. The second-order valence-electron chi connectivity index (χ2n) is 15.7. The summed E-state index contributed by atoms with van der Waals surface area (Å²) in [6.07, 6.45) is 33.9. The Morgan fingerprint density at radius 3 is 1.14 bits per heavy atom. The highest BCUT2D eigenvalue weighted by atomic mass is 16.6. The highest BCUT2D eigenvalue weighted by Crippen LogP contribution is 2.16. The summed E-state index contributed by atoms with van der Waals surface area (Å²) in [5.74, 6) is 0.705. The van der Waals surface area contributed by atoms with Crippen LogP contribution in [-0.2, 0) is 28.6 Å². The van der Waals surface area contributed by atoms with E-state index in [-0.39, 0.29) is 31.1 Å². The summed E-state index contributed by atoms with van der Waals surface area (Å²) in [4.78, 5) is 37.6. The molecule has 0 aromatic carbocycles. The third-order valence-corrected chi connectivity index (χ3v) is 10.1. The minimum Gasteiger partial charge on any atom is -0.462 e. The molecule has 0 aliphatic carbocycles. The topological polar surface area (TPSA) is 78.9 Å². The summed E-state index contributed by atoms with van der Waals surface area (Å²) in [5.41, 5.74) is 0. The van der Waals surface area contributed by atoms with Gasteiger partial charge in [-0.25, -0.2) is 0 Å². The first-order chi connectivity index (χ1) is 24.3. The maximum atomic E-state index is 12.6. The third kappa shape index (κ3) is 36.2. The van der Waals surface area contributed by atoms with Crippen LogP contribution in [0.2, 0.25) is 0 Å². The highest BCUT2D eigenvalue weighted by molar-refractivity contribution is 5.71. The summed E-state index contributed by atoms with van der Waals surface area (Å²) in [6.45, 7) is 11.2. The first-order valence-corrected chi connectivity index (χ1v) is 21.8. The first-order valence-electron chi connectivity index (χ1n) is 21.8. The lowest BCUT2D eigenvalue weighted by Gasteiger charge is -2.18. The van der Waals surface area contributed by atoms with Gasteiger partial charge in [0.1, 0.15) is 13.2 Å². The monoisotopic (exact) mass is 709 g/mol. The van der Waals surface area contributed by atoms with Gasteiger partial charge < -0.3 is 14.2 Å². The smallest absolute Gasteiger partial charge is 0.306 e. The number of unbranched alkanes of at least 4 members (excludes halogenated alkanes) is 22. The fourth-order valence-electron chi connectivity index (χ4n) is 6.37. The molecule has 0 N–H and O–H groups in total. The van der Waals surface area contributed by atoms with Crippen molar-refractivity contribution in [3.8, 4) is 0 Å². The molecule has 6 heteroatoms. The molecule has 0 aliphatic heterocycles. The van der Waals surface area contributed by atoms with Crippen LogP contribution in [0.3, 0.4) is 0 Å². The van der Waals surface area contributed by atoms with Gasteiger partial charge in [-0.2, -0.15) is 0 Å². The molecule has 0 aromatic rings. The van der Waals surface area contributed by atoms with Crippen LogP contribution in [0.25, 0.3) is 0 Å². The van der Waals surface area contributed by atoms with E-state index in [4.69, 9.17) is 14.2 Å². The fourth-order valence-corrected chi connectivity index (χ4v) is 6.37. The molecule has 6 nitrogen and oxygen atoms in total. The largest absolute Gasteiger partial charge is 0.462 e. The van der Waals surface area contributed by atoms with Gasteiger partial charge in [0, 0.05) is 19.3 Å². The van der Waals surface area contributed by atoms with E-state index >= 15 is 0 Å². The Bertz CT molecular complexity index is 766. The molecule has 0 fully saturated rings. The van der Waals surface area contributed by atoms with Crippen molar-refractivity contribution >= 4 is 17.9 Å². The summed E-state index contributed by atoms with van der Waals surface area (Å²) >= 11 is 0. The first kappa shape index (κ1) is 48.4. The average Bonchev–Trinajstić information content (AvgIpc) is 3.09. The second kappa shape index (κ2) is 37.2. The SMILES string of the molecule is CCCCCCCCCCCCCCCC(=O)OC[C@@H](COC(=O)CCCCCCCCC(C)CC)OC(=O)CCCCCCCCC(C)C. The number of esters is 3. The van der Waals surface area contributed by atoms with Crippen molar-refractivity contribution < 1.29 is 28.6 Å². The van der Waals surface area contributed by atoms with Crippen LogP contribution in [0.5, 0.6) is 0 Å². The van der Waals surface area contributed by atoms with Gasteiger partial charge >= 0.3 is 17.9 Å². The van der Waals surface area contributed by atoms with Crippen molar-refractivity contribution in [2.24, 2.45) is 11.8 Å². The molecular formula is C44H84O6. The Kier molecular flexibility index (Phi) is 36.0. The number of hydrogen-bond donors (Lipinski definition) is 0. The van der Waals surface area contributed by atoms with E-state index < -0.39 is 6.10 Å². The predicted octanol–water partition coefficient (Wildman–Crippen LogP) is 13.4. The lowest BCUT2D eigenvalue weighted by Crippen LogP contribution is -2.30. The van der Waals surface area contributed by atoms with Crippen molar-refractivity contribution in [1.82, 2.24) is 0 Å². The Morgan fingerprint density at radius 1 is 0.420 bits per heavy atom. The van der Waals surface area contributed by atoms with Crippen molar-refractivity contribution in [2.75, 3.05) is 13.2 Å². The second-order valence-corrected chi connectivity index (χ2v) is 15.7. The molecule has 0 bridgehead atoms.